The number of alkyl carbamates (subject to hydrolysis) is 1. The minimum atomic E-state index is -0.981. The van der Waals surface area contributed by atoms with Crippen LogP contribution in [-0.2, 0) is 20.9 Å². The van der Waals surface area contributed by atoms with Crippen molar-refractivity contribution in [3.63, 3.8) is 0 Å². The van der Waals surface area contributed by atoms with E-state index in [9.17, 15) is 19.5 Å². The Morgan fingerprint density at radius 1 is 1.03 bits per heavy atom. The molecule has 0 fully saturated rings. The Balaban J connectivity index is 1.92. The molecule has 7 heteroatoms. The average Bonchev–Trinajstić information content (AvgIpc) is 2.68. The highest BCUT2D eigenvalue weighted by Gasteiger charge is 2.21. The number of esters is 1. The SMILES string of the molecule is Cc1ccc(C(=O)OCc2ccc([C@@H](CCNC(=O)OC(C)(C)C)C(=O)O)cc2)c(C)c1. The van der Waals surface area contributed by atoms with E-state index in [1.165, 1.54) is 0 Å². The third-order valence-electron chi connectivity index (χ3n) is 4.75. The second kappa shape index (κ2) is 10.8. The van der Waals surface area contributed by atoms with Gasteiger partial charge >= 0.3 is 18.0 Å². The number of nitrogens with one attached hydrogen (secondary N) is 1. The highest BCUT2D eigenvalue weighted by atomic mass is 16.6. The number of ether oxygens (including phenoxy) is 2. The van der Waals surface area contributed by atoms with Crippen LogP contribution in [0.5, 0.6) is 0 Å². The molecule has 0 saturated heterocycles. The van der Waals surface area contributed by atoms with E-state index in [4.69, 9.17) is 9.47 Å². The first-order valence-corrected chi connectivity index (χ1v) is 10.5. The maximum absolute atomic E-state index is 12.3. The van der Waals surface area contributed by atoms with Gasteiger partial charge in [0.1, 0.15) is 12.2 Å². The zero-order valence-corrected chi connectivity index (χ0v) is 19.2. The average molecular weight is 442 g/mol. The molecule has 0 bridgehead atoms. The minimum absolute atomic E-state index is 0.0877. The zero-order chi connectivity index (χ0) is 23.9. The third-order valence-corrected chi connectivity index (χ3v) is 4.75. The molecule has 0 aliphatic rings. The third kappa shape index (κ3) is 7.72. The number of hydrogen-bond donors (Lipinski definition) is 2. The maximum atomic E-state index is 12.3. The number of rotatable bonds is 8. The first-order chi connectivity index (χ1) is 15.0. The van der Waals surface area contributed by atoms with Gasteiger partial charge in [-0.3, -0.25) is 4.79 Å². The number of hydrogen-bond acceptors (Lipinski definition) is 5. The van der Waals surface area contributed by atoms with Crippen LogP contribution in [0.3, 0.4) is 0 Å². The van der Waals surface area contributed by atoms with Crippen LogP contribution >= 0.6 is 0 Å². The van der Waals surface area contributed by atoms with Gasteiger partial charge in [-0.1, -0.05) is 42.0 Å². The van der Waals surface area contributed by atoms with Crippen LogP contribution in [0.1, 0.15) is 65.7 Å². The first-order valence-electron chi connectivity index (χ1n) is 10.5. The fourth-order valence-electron chi connectivity index (χ4n) is 3.18. The van der Waals surface area contributed by atoms with Gasteiger partial charge in [0.2, 0.25) is 0 Å². The van der Waals surface area contributed by atoms with Crippen molar-refractivity contribution in [1.29, 1.82) is 0 Å². The van der Waals surface area contributed by atoms with Crippen molar-refractivity contribution in [2.45, 2.75) is 59.2 Å². The molecule has 0 heterocycles. The van der Waals surface area contributed by atoms with Crippen LogP contribution < -0.4 is 5.32 Å². The van der Waals surface area contributed by atoms with Crippen molar-refractivity contribution in [3.05, 3.63) is 70.3 Å². The van der Waals surface area contributed by atoms with E-state index in [1.54, 1.807) is 51.1 Å². The molecule has 0 spiro atoms. The van der Waals surface area contributed by atoms with E-state index in [2.05, 4.69) is 5.32 Å². The van der Waals surface area contributed by atoms with Crippen LogP contribution in [0.15, 0.2) is 42.5 Å². The van der Waals surface area contributed by atoms with Crippen LogP contribution in [0.4, 0.5) is 4.79 Å². The van der Waals surface area contributed by atoms with Gasteiger partial charge in [-0.2, -0.15) is 0 Å². The van der Waals surface area contributed by atoms with Crippen LogP contribution in [0, 0.1) is 13.8 Å². The molecule has 2 aromatic rings. The number of aryl methyl sites for hydroxylation is 2. The summed E-state index contributed by atoms with van der Waals surface area (Å²) in [4.78, 5) is 35.8. The fourth-order valence-corrected chi connectivity index (χ4v) is 3.18. The van der Waals surface area contributed by atoms with E-state index in [0.29, 0.717) is 11.1 Å². The lowest BCUT2D eigenvalue weighted by Gasteiger charge is -2.20. The lowest BCUT2D eigenvalue weighted by Crippen LogP contribution is -2.33. The highest BCUT2D eigenvalue weighted by molar-refractivity contribution is 5.91. The summed E-state index contributed by atoms with van der Waals surface area (Å²) in [6.07, 6.45) is -0.363. The lowest BCUT2D eigenvalue weighted by molar-refractivity contribution is -0.139. The zero-order valence-electron chi connectivity index (χ0n) is 19.2. The van der Waals surface area contributed by atoms with Gasteiger partial charge in [-0.25, -0.2) is 9.59 Å². The predicted octanol–water partition coefficient (Wildman–Crippen LogP) is 4.74. The second-order valence-corrected chi connectivity index (χ2v) is 8.74. The molecular weight excluding hydrogens is 410 g/mol. The van der Waals surface area contributed by atoms with Gasteiger partial charge < -0.3 is 19.9 Å². The molecular formula is C25H31NO6. The summed E-state index contributed by atoms with van der Waals surface area (Å²) in [6, 6.07) is 12.4. The topological polar surface area (TPSA) is 102 Å². The molecule has 0 aliphatic carbocycles. The number of benzene rings is 2. The second-order valence-electron chi connectivity index (χ2n) is 8.74. The quantitative estimate of drug-likeness (QED) is 0.574. The summed E-state index contributed by atoms with van der Waals surface area (Å²) in [5.74, 6) is -2.16. The molecule has 0 radical (unpaired) electrons. The molecule has 0 aromatic heterocycles. The van der Waals surface area contributed by atoms with E-state index in [-0.39, 0.29) is 19.6 Å². The molecule has 0 saturated carbocycles. The molecule has 1 atom stereocenters. The molecule has 0 unspecified atom stereocenters. The Morgan fingerprint density at radius 3 is 2.25 bits per heavy atom. The van der Waals surface area contributed by atoms with Crippen LogP contribution in [0.25, 0.3) is 0 Å². The van der Waals surface area contributed by atoms with Crippen molar-refractivity contribution in [2.24, 2.45) is 0 Å². The Labute approximate surface area is 188 Å². The Morgan fingerprint density at radius 2 is 1.69 bits per heavy atom. The summed E-state index contributed by atoms with van der Waals surface area (Å²) < 4.78 is 10.6. The van der Waals surface area contributed by atoms with E-state index in [0.717, 1.165) is 16.7 Å². The normalized spacial score (nSPS) is 12.0. The number of carboxylic acid groups (broad SMARTS) is 1. The standard InChI is InChI=1S/C25H31NO6/c1-16-6-11-20(17(2)14-16)23(29)31-15-18-7-9-19(10-8-18)21(22(27)28)12-13-26-24(30)32-25(3,4)5/h6-11,14,21H,12-13,15H2,1-5H3,(H,26,30)(H,27,28)/t21-/m1/s1. The number of carbonyl (C=O) groups is 3. The summed E-state index contributed by atoms with van der Waals surface area (Å²) in [6.45, 7) is 9.35. The Hall–Kier alpha value is -3.35. The molecule has 2 rings (SSSR count). The van der Waals surface area contributed by atoms with Gasteiger partial charge in [-0.15, -0.1) is 0 Å². The summed E-state index contributed by atoms with van der Waals surface area (Å²) in [7, 11) is 0. The molecule has 7 nitrogen and oxygen atoms in total. The lowest BCUT2D eigenvalue weighted by atomic mass is 9.95. The monoisotopic (exact) mass is 441 g/mol. The van der Waals surface area contributed by atoms with Crippen molar-refractivity contribution >= 4 is 18.0 Å². The molecule has 2 N–H and O–H groups in total. The van der Waals surface area contributed by atoms with Crippen LogP contribution in [0.2, 0.25) is 0 Å². The molecule has 32 heavy (non-hydrogen) atoms. The summed E-state index contributed by atoms with van der Waals surface area (Å²) in [5, 5.41) is 12.2. The molecule has 172 valence electrons. The molecule has 1 amide bonds. The Kier molecular flexibility index (Phi) is 8.41. The van der Waals surface area contributed by atoms with Crippen molar-refractivity contribution < 1.29 is 29.0 Å². The largest absolute Gasteiger partial charge is 0.481 e. The molecule has 0 aliphatic heterocycles. The predicted molar refractivity (Wildman–Crippen MR) is 121 cm³/mol. The van der Waals surface area contributed by atoms with E-state index in [1.807, 2.05) is 26.0 Å². The number of amides is 1. The fraction of sp³-hybridized carbons (Fsp3) is 0.400. The number of carbonyl (C=O) groups excluding carboxylic acids is 2. The number of aliphatic carboxylic acids is 1. The minimum Gasteiger partial charge on any atom is -0.481 e. The highest BCUT2D eigenvalue weighted by Crippen LogP contribution is 2.21. The summed E-state index contributed by atoms with van der Waals surface area (Å²) in [5.41, 5.74) is 3.19. The van der Waals surface area contributed by atoms with E-state index >= 15 is 0 Å². The summed E-state index contributed by atoms with van der Waals surface area (Å²) >= 11 is 0. The van der Waals surface area contributed by atoms with Gasteiger partial charge in [-0.05, 0) is 63.8 Å². The number of carboxylic acids is 1. The first kappa shape index (κ1) is 24.9. The maximum Gasteiger partial charge on any atom is 0.407 e. The molecule has 2 aromatic carbocycles. The van der Waals surface area contributed by atoms with Gasteiger partial charge in [0.05, 0.1) is 11.5 Å². The van der Waals surface area contributed by atoms with Crippen LogP contribution in [-0.4, -0.2) is 35.3 Å². The van der Waals surface area contributed by atoms with Gasteiger partial charge in [0, 0.05) is 6.54 Å². The Bertz CT molecular complexity index is 959. The van der Waals surface area contributed by atoms with Crippen molar-refractivity contribution in [3.8, 4) is 0 Å². The van der Waals surface area contributed by atoms with Gasteiger partial charge in [0.15, 0.2) is 0 Å². The van der Waals surface area contributed by atoms with Crippen molar-refractivity contribution in [1.82, 2.24) is 5.32 Å². The smallest absolute Gasteiger partial charge is 0.407 e. The van der Waals surface area contributed by atoms with Gasteiger partial charge in [0.25, 0.3) is 0 Å². The van der Waals surface area contributed by atoms with E-state index < -0.39 is 29.6 Å². The van der Waals surface area contributed by atoms with Crippen molar-refractivity contribution in [2.75, 3.05) is 6.54 Å².